The van der Waals surface area contributed by atoms with E-state index in [9.17, 15) is 0 Å². The number of hydrogen-bond acceptors (Lipinski definition) is 2. The van der Waals surface area contributed by atoms with Crippen molar-refractivity contribution in [3.63, 3.8) is 0 Å². The lowest BCUT2D eigenvalue weighted by Crippen LogP contribution is -2.17. The summed E-state index contributed by atoms with van der Waals surface area (Å²) in [6.07, 6.45) is 8.00. The zero-order valence-corrected chi connectivity index (χ0v) is 13.4. The summed E-state index contributed by atoms with van der Waals surface area (Å²) >= 11 is 0. The lowest BCUT2D eigenvalue weighted by molar-refractivity contribution is 0.435. The first-order chi connectivity index (χ1) is 9.34. The van der Waals surface area contributed by atoms with Crippen molar-refractivity contribution in [1.29, 1.82) is 0 Å². The second-order valence-electron chi connectivity index (χ2n) is 6.51. The summed E-state index contributed by atoms with van der Waals surface area (Å²) in [6, 6.07) is 0. The zero-order valence-electron chi connectivity index (χ0n) is 13.4. The van der Waals surface area contributed by atoms with Crippen molar-refractivity contribution in [3.8, 4) is 0 Å². The molecule has 20 heavy (non-hydrogen) atoms. The van der Waals surface area contributed by atoms with Crippen LogP contribution in [-0.4, -0.2) is 9.97 Å². The zero-order chi connectivity index (χ0) is 15.2. The van der Waals surface area contributed by atoms with Gasteiger partial charge in [0.25, 0.3) is 0 Å². The number of nitrogens with one attached hydrogen (secondary N) is 2. The van der Waals surface area contributed by atoms with Crippen LogP contribution < -0.4 is 5.32 Å². The molecule has 0 aliphatic carbocycles. The van der Waals surface area contributed by atoms with Crippen LogP contribution in [0.1, 0.15) is 53.4 Å². The predicted octanol–water partition coefficient (Wildman–Crippen LogP) is 5.13. The Hall–Kier alpha value is -1.51. The quantitative estimate of drug-likeness (QED) is 0.645. The topological polar surface area (TPSA) is 40.7 Å². The normalized spacial score (nSPS) is 13.0. The Labute approximate surface area is 123 Å². The number of nitrogens with zero attached hydrogens (tertiary/aromatic N) is 1. The van der Waals surface area contributed by atoms with Gasteiger partial charge in [0.1, 0.15) is 5.82 Å². The Bertz CT molecular complexity index is 424. The van der Waals surface area contributed by atoms with Crippen LogP contribution in [-0.2, 0) is 0 Å². The maximum absolute atomic E-state index is 4.26. The Kier molecular flexibility index (Phi) is 6.05. The molecule has 0 bridgehead atoms. The molecule has 3 nitrogen and oxygen atoms in total. The molecule has 0 saturated heterocycles. The van der Waals surface area contributed by atoms with E-state index in [1.807, 2.05) is 0 Å². The number of rotatable bonds is 8. The van der Waals surface area contributed by atoms with Gasteiger partial charge in [0.2, 0.25) is 0 Å². The van der Waals surface area contributed by atoms with Crippen molar-refractivity contribution in [2.24, 2.45) is 11.3 Å². The van der Waals surface area contributed by atoms with Gasteiger partial charge in [0, 0.05) is 11.6 Å². The molecular formula is C17H29N3. The minimum Gasteiger partial charge on any atom is -0.344 e. The number of hydrogen-bond donors (Lipinski definition) is 2. The Balaban J connectivity index is 2.67. The molecule has 0 saturated carbocycles. The van der Waals surface area contributed by atoms with Gasteiger partial charge in [-0.25, -0.2) is 4.98 Å². The fourth-order valence-corrected chi connectivity index (χ4v) is 2.05. The molecule has 2 N–H and O–H groups in total. The minimum absolute atomic E-state index is 0.152. The average molecular weight is 275 g/mol. The van der Waals surface area contributed by atoms with Crippen LogP contribution in [0.15, 0.2) is 37.0 Å². The number of aromatic nitrogens is 2. The summed E-state index contributed by atoms with van der Waals surface area (Å²) in [6.45, 7) is 17.4. The molecule has 1 atom stereocenters. The van der Waals surface area contributed by atoms with Gasteiger partial charge in [-0.2, -0.15) is 0 Å². The Morgan fingerprint density at radius 3 is 2.60 bits per heavy atom. The standard InChI is InChI=1S/C17H29N3/c1-7-8-9-15(10-13(2)17(4,5)6)14(3)20-16-11-18-12-19-16/h11-12,15,20H,2-3,7-10H2,1,4-6H3,(H,18,19). The Morgan fingerprint density at radius 2 is 2.10 bits per heavy atom. The third kappa shape index (κ3) is 5.24. The maximum Gasteiger partial charge on any atom is 0.127 e. The first-order valence-electron chi connectivity index (χ1n) is 7.47. The van der Waals surface area contributed by atoms with E-state index >= 15 is 0 Å². The van der Waals surface area contributed by atoms with E-state index in [-0.39, 0.29) is 5.41 Å². The lowest BCUT2D eigenvalue weighted by atomic mass is 9.80. The van der Waals surface area contributed by atoms with E-state index < -0.39 is 0 Å². The third-order valence-corrected chi connectivity index (χ3v) is 3.75. The highest BCUT2D eigenvalue weighted by molar-refractivity contribution is 5.39. The van der Waals surface area contributed by atoms with E-state index in [1.54, 1.807) is 12.5 Å². The number of unbranched alkanes of at least 4 members (excludes halogenated alkanes) is 1. The molecule has 0 aliphatic rings. The van der Waals surface area contributed by atoms with Crippen molar-refractivity contribution in [1.82, 2.24) is 9.97 Å². The van der Waals surface area contributed by atoms with Gasteiger partial charge in [-0.3, -0.25) is 0 Å². The largest absolute Gasteiger partial charge is 0.344 e. The van der Waals surface area contributed by atoms with Crippen LogP contribution in [0, 0.1) is 11.3 Å². The van der Waals surface area contributed by atoms with E-state index in [0.717, 1.165) is 24.4 Å². The molecule has 1 aromatic rings. The molecule has 1 rings (SSSR count). The highest BCUT2D eigenvalue weighted by Gasteiger charge is 2.21. The number of allylic oxidation sites excluding steroid dienone is 2. The number of H-pyrrole nitrogens is 1. The molecule has 0 aromatic carbocycles. The number of imidazole rings is 1. The van der Waals surface area contributed by atoms with Crippen molar-refractivity contribution >= 4 is 5.82 Å². The Morgan fingerprint density at radius 1 is 1.40 bits per heavy atom. The van der Waals surface area contributed by atoms with E-state index in [0.29, 0.717) is 5.92 Å². The van der Waals surface area contributed by atoms with Gasteiger partial charge in [-0.05, 0) is 18.3 Å². The number of aromatic amines is 1. The summed E-state index contributed by atoms with van der Waals surface area (Å²) in [7, 11) is 0. The molecule has 0 amide bonds. The van der Waals surface area contributed by atoms with Crippen LogP contribution in [0.4, 0.5) is 5.82 Å². The molecule has 0 aliphatic heterocycles. The van der Waals surface area contributed by atoms with Crippen molar-refractivity contribution in [3.05, 3.63) is 37.0 Å². The smallest absolute Gasteiger partial charge is 0.127 e. The fourth-order valence-electron chi connectivity index (χ4n) is 2.05. The van der Waals surface area contributed by atoms with Gasteiger partial charge in [-0.15, -0.1) is 0 Å². The summed E-state index contributed by atoms with van der Waals surface area (Å²) in [4.78, 5) is 7.08. The summed E-state index contributed by atoms with van der Waals surface area (Å²) in [5.74, 6) is 1.32. The monoisotopic (exact) mass is 275 g/mol. The van der Waals surface area contributed by atoms with Crippen LogP contribution in [0.5, 0.6) is 0 Å². The molecule has 112 valence electrons. The highest BCUT2D eigenvalue weighted by Crippen LogP contribution is 2.33. The predicted molar refractivity (Wildman–Crippen MR) is 87.6 cm³/mol. The van der Waals surface area contributed by atoms with Crippen molar-refractivity contribution in [2.45, 2.75) is 53.4 Å². The molecule has 0 radical (unpaired) electrons. The minimum atomic E-state index is 0.152. The third-order valence-electron chi connectivity index (χ3n) is 3.75. The van der Waals surface area contributed by atoms with Crippen LogP contribution in [0.25, 0.3) is 0 Å². The lowest BCUT2D eigenvalue weighted by Gasteiger charge is -2.27. The second-order valence-corrected chi connectivity index (χ2v) is 6.51. The molecule has 1 aromatic heterocycles. The fraction of sp³-hybridized carbons (Fsp3) is 0.588. The highest BCUT2D eigenvalue weighted by atomic mass is 15.0. The van der Waals surface area contributed by atoms with Crippen LogP contribution in [0.3, 0.4) is 0 Å². The van der Waals surface area contributed by atoms with Crippen LogP contribution >= 0.6 is 0 Å². The first kappa shape index (κ1) is 16.5. The molecule has 0 fully saturated rings. The van der Waals surface area contributed by atoms with Gasteiger partial charge < -0.3 is 10.3 Å². The van der Waals surface area contributed by atoms with Gasteiger partial charge in [0.05, 0.1) is 12.5 Å². The molecule has 3 heteroatoms. The maximum atomic E-state index is 4.26. The molecule has 1 unspecified atom stereocenters. The summed E-state index contributed by atoms with van der Waals surface area (Å²) in [5, 5.41) is 3.33. The van der Waals surface area contributed by atoms with E-state index in [4.69, 9.17) is 0 Å². The van der Waals surface area contributed by atoms with Gasteiger partial charge in [-0.1, -0.05) is 59.3 Å². The SMILES string of the molecule is C=C(Nc1cnc[nH]1)C(CCCC)CC(=C)C(C)(C)C. The van der Waals surface area contributed by atoms with Crippen LogP contribution in [0.2, 0.25) is 0 Å². The van der Waals surface area contributed by atoms with E-state index in [2.05, 4.69) is 56.1 Å². The second kappa shape index (κ2) is 7.32. The first-order valence-corrected chi connectivity index (χ1v) is 7.47. The van der Waals surface area contributed by atoms with Crippen molar-refractivity contribution < 1.29 is 0 Å². The van der Waals surface area contributed by atoms with Gasteiger partial charge >= 0.3 is 0 Å². The van der Waals surface area contributed by atoms with E-state index in [1.165, 1.54) is 18.4 Å². The number of anilines is 1. The molecular weight excluding hydrogens is 246 g/mol. The molecule has 1 heterocycles. The molecule has 0 spiro atoms. The van der Waals surface area contributed by atoms with Gasteiger partial charge in [0.15, 0.2) is 0 Å². The summed E-state index contributed by atoms with van der Waals surface area (Å²) < 4.78 is 0. The van der Waals surface area contributed by atoms with Crippen molar-refractivity contribution in [2.75, 3.05) is 5.32 Å². The average Bonchev–Trinajstić information content (AvgIpc) is 2.85. The summed E-state index contributed by atoms with van der Waals surface area (Å²) in [5.41, 5.74) is 2.48.